The first kappa shape index (κ1) is 33.3. The first-order valence-corrected chi connectivity index (χ1v) is 20.1. The van der Waals surface area contributed by atoms with Crippen LogP contribution in [-0.4, -0.2) is 0 Å². The first-order valence-electron chi connectivity index (χ1n) is 20.1. The summed E-state index contributed by atoms with van der Waals surface area (Å²) in [5, 5.41) is 9.04. The van der Waals surface area contributed by atoms with E-state index in [1.54, 1.807) is 0 Å². The molecule has 0 saturated carbocycles. The largest absolute Gasteiger partial charge is 0.455 e. The molecule has 276 valence electrons. The van der Waals surface area contributed by atoms with E-state index < -0.39 is 0 Å². The number of furan rings is 2. The summed E-state index contributed by atoms with van der Waals surface area (Å²) in [6.07, 6.45) is 0. The molecule has 0 aliphatic heterocycles. The zero-order valence-corrected chi connectivity index (χ0v) is 32.0. The van der Waals surface area contributed by atoms with Gasteiger partial charge in [-0.05, 0) is 104 Å². The average Bonchev–Trinajstić information content (AvgIpc) is 3.89. The van der Waals surface area contributed by atoms with E-state index in [4.69, 9.17) is 8.83 Å². The van der Waals surface area contributed by atoms with E-state index >= 15 is 0 Å². The standard InChI is InChI=1S/C56H35NO2/c1-4-13-36(14-5-1)41-26-29-46-47-21-12-22-51(55(47)58-52(46)33-41)57(43-28-25-40-24-23-39-19-10-11-20-44(39)49(40)35-43)50-32-31-45(38-17-8-3-9-18-38)56-54(50)48-30-27-42(34-53(48)59-56)37-15-6-2-7-16-37/h1-35H. The topological polar surface area (TPSA) is 29.5 Å². The highest BCUT2D eigenvalue weighted by molar-refractivity contribution is 6.20. The Morgan fingerprint density at radius 3 is 1.61 bits per heavy atom. The summed E-state index contributed by atoms with van der Waals surface area (Å²) in [5.74, 6) is 0. The van der Waals surface area contributed by atoms with Crippen molar-refractivity contribution in [3.05, 3.63) is 212 Å². The summed E-state index contributed by atoms with van der Waals surface area (Å²) in [7, 11) is 0. The van der Waals surface area contributed by atoms with Gasteiger partial charge in [-0.25, -0.2) is 0 Å². The SMILES string of the molecule is c1ccc(-c2ccc3c(c2)oc2c(N(c4ccc5ccc6ccccc6c5c4)c4ccc(-c5ccccc5)c5oc6cc(-c7ccccc7)ccc6c45)cccc23)cc1. The Bertz CT molecular complexity index is 3550. The molecule has 0 unspecified atom stereocenters. The van der Waals surface area contributed by atoms with E-state index in [-0.39, 0.29) is 0 Å². The van der Waals surface area contributed by atoms with Gasteiger partial charge < -0.3 is 13.7 Å². The van der Waals surface area contributed by atoms with Crippen molar-refractivity contribution in [3.8, 4) is 33.4 Å². The smallest absolute Gasteiger partial charge is 0.159 e. The van der Waals surface area contributed by atoms with Crippen LogP contribution in [0.15, 0.2) is 221 Å². The molecule has 3 nitrogen and oxygen atoms in total. The lowest BCUT2D eigenvalue weighted by Crippen LogP contribution is -2.11. The third-order valence-electron chi connectivity index (χ3n) is 11.8. The molecule has 0 spiro atoms. The van der Waals surface area contributed by atoms with Crippen LogP contribution in [0, 0.1) is 0 Å². The highest BCUT2D eigenvalue weighted by Gasteiger charge is 2.25. The van der Waals surface area contributed by atoms with E-state index in [0.29, 0.717) is 0 Å². The summed E-state index contributed by atoms with van der Waals surface area (Å²) in [6.45, 7) is 0. The van der Waals surface area contributed by atoms with Crippen LogP contribution in [-0.2, 0) is 0 Å². The molecule has 0 bridgehead atoms. The van der Waals surface area contributed by atoms with Gasteiger partial charge in [0.15, 0.2) is 5.58 Å². The number of fused-ring (bicyclic) bond motifs is 9. The molecule has 0 amide bonds. The number of benzene rings is 10. The predicted molar refractivity (Wildman–Crippen MR) is 247 cm³/mol. The normalized spacial score (nSPS) is 11.7. The van der Waals surface area contributed by atoms with Crippen molar-refractivity contribution in [2.24, 2.45) is 0 Å². The molecule has 3 heteroatoms. The predicted octanol–water partition coefficient (Wildman–Crippen LogP) is 16.3. The molecule has 2 heterocycles. The van der Waals surface area contributed by atoms with Crippen molar-refractivity contribution in [3.63, 3.8) is 0 Å². The molecule has 0 aliphatic rings. The maximum absolute atomic E-state index is 7.03. The van der Waals surface area contributed by atoms with Crippen molar-refractivity contribution < 1.29 is 8.83 Å². The Labute approximate surface area is 340 Å². The molecular formula is C56H35NO2. The van der Waals surface area contributed by atoms with Gasteiger partial charge in [-0.1, -0.05) is 158 Å². The fraction of sp³-hybridized carbons (Fsp3) is 0. The van der Waals surface area contributed by atoms with E-state index in [9.17, 15) is 0 Å². The van der Waals surface area contributed by atoms with E-state index in [1.165, 1.54) is 21.5 Å². The number of nitrogens with zero attached hydrogens (tertiary/aromatic N) is 1. The quantitative estimate of drug-likeness (QED) is 0.158. The number of para-hydroxylation sites is 1. The number of anilines is 3. The van der Waals surface area contributed by atoms with Crippen molar-refractivity contribution in [2.75, 3.05) is 4.90 Å². The molecule has 0 fully saturated rings. The Morgan fingerprint density at radius 1 is 0.305 bits per heavy atom. The molecule has 12 aromatic rings. The lowest BCUT2D eigenvalue weighted by Gasteiger charge is -2.27. The molecular weight excluding hydrogens is 719 g/mol. The summed E-state index contributed by atoms with van der Waals surface area (Å²) in [5.41, 5.74) is 13.0. The van der Waals surface area contributed by atoms with Gasteiger partial charge in [0.2, 0.25) is 0 Å². The van der Waals surface area contributed by atoms with Crippen LogP contribution >= 0.6 is 0 Å². The number of hydrogen-bond donors (Lipinski definition) is 0. The second-order valence-electron chi connectivity index (χ2n) is 15.2. The minimum Gasteiger partial charge on any atom is -0.455 e. The second-order valence-corrected chi connectivity index (χ2v) is 15.2. The van der Waals surface area contributed by atoms with Crippen LogP contribution in [0.3, 0.4) is 0 Å². The van der Waals surface area contributed by atoms with Gasteiger partial charge in [-0.3, -0.25) is 0 Å². The van der Waals surface area contributed by atoms with Crippen molar-refractivity contribution in [2.45, 2.75) is 0 Å². The minimum atomic E-state index is 0.824. The van der Waals surface area contributed by atoms with E-state index in [0.717, 1.165) is 94.3 Å². The summed E-state index contributed by atoms with van der Waals surface area (Å²) >= 11 is 0. The zero-order valence-electron chi connectivity index (χ0n) is 32.0. The second kappa shape index (κ2) is 13.4. The Kier molecular flexibility index (Phi) is 7.54. The Hall–Kier alpha value is -7.88. The average molecular weight is 754 g/mol. The first-order chi connectivity index (χ1) is 29.2. The van der Waals surface area contributed by atoms with Crippen molar-refractivity contribution in [1.29, 1.82) is 0 Å². The molecule has 0 saturated heterocycles. The molecule has 2 aromatic heterocycles. The van der Waals surface area contributed by atoms with E-state index in [2.05, 4.69) is 217 Å². The lowest BCUT2D eigenvalue weighted by molar-refractivity contribution is 0.668. The molecule has 12 rings (SSSR count). The minimum absolute atomic E-state index is 0.824. The third-order valence-corrected chi connectivity index (χ3v) is 11.8. The Morgan fingerprint density at radius 2 is 0.881 bits per heavy atom. The van der Waals surface area contributed by atoms with Crippen LogP contribution < -0.4 is 4.90 Å². The maximum atomic E-state index is 7.03. The highest BCUT2D eigenvalue weighted by Crippen LogP contribution is 2.49. The summed E-state index contributed by atoms with van der Waals surface area (Å²) < 4.78 is 14.0. The molecule has 0 atom stereocenters. The van der Waals surface area contributed by atoms with Gasteiger partial charge in [-0.2, -0.15) is 0 Å². The fourth-order valence-corrected chi connectivity index (χ4v) is 9.01. The molecule has 0 N–H and O–H groups in total. The van der Waals surface area contributed by atoms with E-state index in [1.807, 2.05) is 0 Å². The van der Waals surface area contributed by atoms with Crippen LogP contribution in [0.25, 0.3) is 98.8 Å². The van der Waals surface area contributed by atoms with Gasteiger partial charge in [0.25, 0.3) is 0 Å². The fourth-order valence-electron chi connectivity index (χ4n) is 9.01. The van der Waals surface area contributed by atoms with Crippen molar-refractivity contribution >= 4 is 82.5 Å². The van der Waals surface area contributed by atoms with Gasteiger partial charge in [0, 0.05) is 27.4 Å². The monoisotopic (exact) mass is 753 g/mol. The van der Waals surface area contributed by atoms with Gasteiger partial charge in [0.05, 0.1) is 16.8 Å². The molecule has 59 heavy (non-hydrogen) atoms. The molecule has 0 radical (unpaired) electrons. The highest BCUT2D eigenvalue weighted by atomic mass is 16.3. The van der Waals surface area contributed by atoms with Crippen LogP contribution in [0.1, 0.15) is 0 Å². The number of hydrogen-bond acceptors (Lipinski definition) is 3. The van der Waals surface area contributed by atoms with Crippen LogP contribution in [0.2, 0.25) is 0 Å². The Balaban J connectivity index is 1.16. The molecule has 10 aromatic carbocycles. The maximum Gasteiger partial charge on any atom is 0.159 e. The van der Waals surface area contributed by atoms with Gasteiger partial charge in [0.1, 0.15) is 16.7 Å². The van der Waals surface area contributed by atoms with Crippen LogP contribution in [0.5, 0.6) is 0 Å². The van der Waals surface area contributed by atoms with Crippen molar-refractivity contribution in [1.82, 2.24) is 0 Å². The van der Waals surface area contributed by atoms with Gasteiger partial charge in [-0.15, -0.1) is 0 Å². The summed E-state index contributed by atoms with van der Waals surface area (Å²) in [4.78, 5) is 2.38. The lowest BCUT2D eigenvalue weighted by atomic mass is 9.98. The zero-order chi connectivity index (χ0) is 38.9. The summed E-state index contributed by atoms with van der Waals surface area (Å²) in [6, 6.07) is 75.5. The molecule has 0 aliphatic carbocycles. The van der Waals surface area contributed by atoms with Crippen LogP contribution in [0.4, 0.5) is 17.1 Å². The third kappa shape index (κ3) is 5.44. The van der Waals surface area contributed by atoms with Gasteiger partial charge >= 0.3 is 0 Å². The number of rotatable bonds is 6.